The Balaban J connectivity index is 1.51. The Morgan fingerprint density at radius 3 is 2.60 bits per heavy atom. The first kappa shape index (κ1) is 16.8. The van der Waals surface area contributed by atoms with Gasteiger partial charge in [-0.25, -0.2) is 9.97 Å². The highest BCUT2D eigenvalue weighted by Gasteiger charge is 2.07. The quantitative estimate of drug-likeness (QED) is 0.743. The zero-order valence-corrected chi connectivity index (χ0v) is 14.2. The largest absolute Gasteiger partial charge is 0.339 e. The smallest absolute Gasteiger partial charge is 0.226 e. The van der Waals surface area contributed by atoms with E-state index < -0.39 is 0 Å². The molecule has 25 heavy (non-hydrogen) atoms. The van der Waals surface area contributed by atoms with Crippen molar-refractivity contribution in [3.63, 3.8) is 0 Å². The molecule has 128 valence electrons. The number of aromatic nitrogens is 4. The van der Waals surface area contributed by atoms with Gasteiger partial charge in [0.15, 0.2) is 11.6 Å². The van der Waals surface area contributed by atoms with Crippen molar-refractivity contribution in [1.29, 1.82) is 0 Å². The molecule has 0 aliphatic heterocycles. The molecule has 0 aliphatic carbocycles. The number of carbonyl (C=O) groups is 1. The molecule has 1 aromatic carbocycles. The van der Waals surface area contributed by atoms with Crippen LogP contribution in [-0.2, 0) is 11.2 Å². The van der Waals surface area contributed by atoms with Crippen molar-refractivity contribution in [3.8, 4) is 11.4 Å². The van der Waals surface area contributed by atoms with Crippen molar-refractivity contribution in [2.24, 2.45) is 0 Å². The Morgan fingerprint density at radius 1 is 1.12 bits per heavy atom. The van der Waals surface area contributed by atoms with Crippen LogP contribution in [0.3, 0.4) is 0 Å². The predicted molar refractivity (Wildman–Crippen MR) is 92.8 cm³/mol. The minimum absolute atomic E-state index is 0.0456. The molecular weight excluding hydrogens is 318 g/mol. The highest BCUT2D eigenvalue weighted by Crippen LogP contribution is 2.18. The summed E-state index contributed by atoms with van der Waals surface area (Å²) in [6.07, 6.45) is 3.38. The number of nitrogens with zero attached hydrogens (tertiary/aromatic N) is 4. The van der Waals surface area contributed by atoms with Gasteiger partial charge in [0.05, 0.1) is 0 Å². The van der Waals surface area contributed by atoms with Crippen molar-refractivity contribution in [2.45, 2.75) is 33.1 Å². The molecule has 0 aliphatic rings. The third-order valence-corrected chi connectivity index (χ3v) is 3.59. The first-order valence-electron chi connectivity index (χ1n) is 8.09. The Hall–Kier alpha value is -3.09. The van der Waals surface area contributed by atoms with Crippen molar-refractivity contribution in [3.05, 3.63) is 53.9 Å². The summed E-state index contributed by atoms with van der Waals surface area (Å²) in [5.74, 6) is 1.80. The molecule has 0 fully saturated rings. The average molecular weight is 337 g/mol. The second-order valence-corrected chi connectivity index (χ2v) is 5.74. The van der Waals surface area contributed by atoms with Crippen LogP contribution in [-0.4, -0.2) is 26.0 Å². The van der Waals surface area contributed by atoms with Crippen molar-refractivity contribution in [2.75, 3.05) is 5.32 Å². The maximum absolute atomic E-state index is 12.0. The molecule has 0 unspecified atom stereocenters. The molecule has 3 aromatic rings. The average Bonchev–Trinajstić information content (AvgIpc) is 3.01. The Kier molecular flexibility index (Phi) is 5.13. The van der Waals surface area contributed by atoms with Gasteiger partial charge in [-0.15, -0.1) is 0 Å². The van der Waals surface area contributed by atoms with Crippen LogP contribution in [0.5, 0.6) is 0 Å². The first-order valence-corrected chi connectivity index (χ1v) is 8.09. The number of carbonyl (C=O) groups excluding carboxylic acids is 1. The monoisotopic (exact) mass is 337 g/mol. The minimum atomic E-state index is -0.0456. The lowest BCUT2D eigenvalue weighted by atomic mass is 10.2. The van der Waals surface area contributed by atoms with E-state index in [1.807, 2.05) is 37.3 Å². The normalized spacial score (nSPS) is 10.6. The highest BCUT2D eigenvalue weighted by molar-refractivity contribution is 5.90. The second-order valence-electron chi connectivity index (χ2n) is 5.74. The third-order valence-electron chi connectivity index (χ3n) is 3.59. The summed E-state index contributed by atoms with van der Waals surface area (Å²) in [5.41, 5.74) is 2.57. The van der Waals surface area contributed by atoms with Gasteiger partial charge >= 0.3 is 0 Å². The number of nitrogens with one attached hydrogen (secondary N) is 1. The van der Waals surface area contributed by atoms with Crippen LogP contribution in [0.15, 0.2) is 41.1 Å². The molecule has 1 N–H and O–H groups in total. The van der Waals surface area contributed by atoms with Gasteiger partial charge < -0.3 is 9.84 Å². The van der Waals surface area contributed by atoms with Crippen LogP contribution in [0.2, 0.25) is 0 Å². The van der Waals surface area contributed by atoms with Gasteiger partial charge in [0.1, 0.15) is 0 Å². The van der Waals surface area contributed by atoms with Crippen LogP contribution in [0.4, 0.5) is 5.69 Å². The van der Waals surface area contributed by atoms with E-state index in [4.69, 9.17) is 4.52 Å². The number of rotatable bonds is 6. The molecule has 0 atom stereocenters. The van der Waals surface area contributed by atoms with Gasteiger partial charge in [-0.1, -0.05) is 5.16 Å². The number of amides is 1. The second kappa shape index (κ2) is 7.65. The third kappa shape index (κ3) is 4.69. The van der Waals surface area contributed by atoms with E-state index in [1.54, 1.807) is 13.1 Å². The van der Waals surface area contributed by atoms with E-state index in [2.05, 4.69) is 25.4 Å². The standard InChI is InChI=1S/C18H19N5O2/c1-12-10-11-19-18(20-12)14-6-8-15(9-7-14)22-16(24)4-3-5-17-21-13(2)23-25-17/h6-11H,3-5H2,1-2H3,(H,22,24). The number of hydrogen-bond acceptors (Lipinski definition) is 6. The Labute approximate surface area is 145 Å². The molecule has 0 bridgehead atoms. The summed E-state index contributed by atoms with van der Waals surface area (Å²) in [6.45, 7) is 3.69. The van der Waals surface area contributed by atoms with Crippen LogP contribution < -0.4 is 5.32 Å². The van der Waals surface area contributed by atoms with E-state index in [9.17, 15) is 4.79 Å². The Bertz CT molecular complexity index is 858. The molecule has 2 heterocycles. The van der Waals surface area contributed by atoms with Gasteiger partial charge in [-0.05, 0) is 50.6 Å². The molecule has 2 aromatic heterocycles. The summed E-state index contributed by atoms with van der Waals surface area (Å²) in [5, 5.41) is 6.60. The molecule has 7 heteroatoms. The van der Waals surface area contributed by atoms with Crippen LogP contribution in [0, 0.1) is 13.8 Å². The number of anilines is 1. The van der Waals surface area contributed by atoms with Gasteiger partial charge in [0.25, 0.3) is 0 Å². The number of hydrogen-bond donors (Lipinski definition) is 1. The van der Waals surface area contributed by atoms with E-state index in [0.29, 0.717) is 36.8 Å². The van der Waals surface area contributed by atoms with Crippen LogP contribution in [0.25, 0.3) is 11.4 Å². The summed E-state index contributed by atoms with van der Waals surface area (Å²) >= 11 is 0. The summed E-state index contributed by atoms with van der Waals surface area (Å²) in [4.78, 5) is 24.8. The minimum Gasteiger partial charge on any atom is -0.339 e. The molecule has 0 spiro atoms. The SMILES string of the molecule is Cc1ccnc(-c2ccc(NC(=O)CCCc3nc(C)no3)cc2)n1. The summed E-state index contributed by atoms with van der Waals surface area (Å²) in [6, 6.07) is 9.34. The predicted octanol–water partition coefficient (Wildman–Crippen LogP) is 3.10. The molecular formula is C18H19N5O2. The number of aryl methyl sites for hydroxylation is 3. The fraction of sp³-hybridized carbons (Fsp3) is 0.278. The fourth-order valence-electron chi connectivity index (χ4n) is 2.36. The maximum Gasteiger partial charge on any atom is 0.226 e. The van der Waals surface area contributed by atoms with E-state index in [1.165, 1.54) is 0 Å². The maximum atomic E-state index is 12.0. The zero-order chi connectivity index (χ0) is 17.6. The number of benzene rings is 1. The van der Waals surface area contributed by atoms with E-state index in [-0.39, 0.29) is 5.91 Å². The topological polar surface area (TPSA) is 93.8 Å². The summed E-state index contributed by atoms with van der Waals surface area (Å²) < 4.78 is 5.02. The highest BCUT2D eigenvalue weighted by atomic mass is 16.5. The first-order chi connectivity index (χ1) is 12.1. The van der Waals surface area contributed by atoms with Crippen LogP contribution >= 0.6 is 0 Å². The van der Waals surface area contributed by atoms with Crippen molar-refractivity contribution < 1.29 is 9.32 Å². The van der Waals surface area contributed by atoms with Gasteiger partial charge in [-0.3, -0.25) is 4.79 Å². The Morgan fingerprint density at radius 2 is 1.92 bits per heavy atom. The molecule has 0 saturated carbocycles. The van der Waals surface area contributed by atoms with E-state index >= 15 is 0 Å². The lowest BCUT2D eigenvalue weighted by Crippen LogP contribution is -2.11. The zero-order valence-electron chi connectivity index (χ0n) is 14.2. The summed E-state index contributed by atoms with van der Waals surface area (Å²) in [7, 11) is 0. The molecule has 7 nitrogen and oxygen atoms in total. The van der Waals surface area contributed by atoms with Gasteiger partial charge in [0.2, 0.25) is 11.8 Å². The fourth-order valence-corrected chi connectivity index (χ4v) is 2.36. The molecule has 0 radical (unpaired) electrons. The van der Waals surface area contributed by atoms with Crippen LogP contribution in [0.1, 0.15) is 30.3 Å². The van der Waals surface area contributed by atoms with Crippen molar-refractivity contribution >= 4 is 11.6 Å². The lowest BCUT2D eigenvalue weighted by Gasteiger charge is -2.06. The molecule has 3 rings (SSSR count). The molecule has 1 amide bonds. The van der Waals surface area contributed by atoms with Crippen molar-refractivity contribution in [1.82, 2.24) is 20.1 Å². The van der Waals surface area contributed by atoms with Gasteiger partial charge in [-0.2, -0.15) is 4.98 Å². The molecule has 0 saturated heterocycles. The lowest BCUT2D eigenvalue weighted by molar-refractivity contribution is -0.116. The van der Waals surface area contributed by atoms with Gasteiger partial charge in [0, 0.05) is 36.0 Å². The van der Waals surface area contributed by atoms with E-state index in [0.717, 1.165) is 16.9 Å².